The van der Waals surface area contributed by atoms with E-state index < -0.39 is 20.6 Å². The third-order valence-corrected chi connectivity index (χ3v) is 10.7. The van der Waals surface area contributed by atoms with E-state index in [1.165, 1.54) is 4.52 Å². The Labute approximate surface area is 255 Å². The second-order valence-corrected chi connectivity index (χ2v) is 13.6. The van der Waals surface area contributed by atoms with Gasteiger partial charge in [0.1, 0.15) is 5.39 Å². The minimum absolute atomic E-state index is 0.0290. The molecule has 0 spiro atoms. The molecule has 1 unspecified atom stereocenters. The van der Waals surface area contributed by atoms with E-state index in [9.17, 15) is 18.0 Å². The van der Waals surface area contributed by atoms with Crippen molar-refractivity contribution in [1.29, 1.82) is 0 Å². The summed E-state index contributed by atoms with van der Waals surface area (Å²) in [5.41, 5.74) is 3.81. The van der Waals surface area contributed by atoms with Crippen LogP contribution in [0.1, 0.15) is 32.3 Å². The zero-order chi connectivity index (χ0) is 31.0. The number of anilines is 1. The second-order valence-electron chi connectivity index (χ2n) is 11.5. The largest absolute Gasteiger partial charge is 0.369 e. The molecule has 6 rings (SSSR count). The summed E-state index contributed by atoms with van der Waals surface area (Å²) in [4.78, 5) is 30.2. The molecule has 1 saturated heterocycles. The normalized spacial score (nSPS) is 18.0. The number of rotatable bonds is 8. The molecule has 0 radical (unpaired) electrons. The van der Waals surface area contributed by atoms with Crippen molar-refractivity contribution in [2.24, 2.45) is 0 Å². The van der Waals surface area contributed by atoms with Crippen molar-refractivity contribution in [3.05, 3.63) is 94.5 Å². The summed E-state index contributed by atoms with van der Waals surface area (Å²) in [6.45, 7) is 11.8. The molecule has 2 aromatic carbocycles. The van der Waals surface area contributed by atoms with E-state index in [4.69, 9.17) is 0 Å². The predicted octanol–water partition coefficient (Wildman–Crippen LogP) is 2.16. The number of allylic oxidation sites excluding steroid dienone is 3. The molecule has 11 nitrogen and oxygen atoms in total. The Morgan fingerprint density at radius 2 is 1.84 bits per heavy atom. The van der Waals surface area contributed by atoms with Gasteiger partial charge in [-0.1, -0.05) is 63.2 Å². The summed E-state index contributed by atoms with van der Waals surface area (Å²) in [7, 11) is -3.94. The third-order valence-electron chi connectivity index (χ3n) is 8.54. The van der Waals surface area contributed by atoms with Gasteiger partial charge in [0.25, 0.3) is 5.03 Å². The van der Waals surface area contributed by atoms with Crippen LogP contribution >= 0.6 is 0 Å². The molecule has 228 valence electrons. The van der Waals surface area contributed by atoms with E-state index in [0.29, 0.717) is 36.8 Å². The Balaban J connectivity index is 1.18. The first-order valence-electron chi connectivity index (χ1n) is 14.8. The van der Waals surface area contributed by atoms with Crippen LogP contribution in [0.15, 0.2) is 81.6 Å². The second kappa shape index (κ2) is 11.9. The first-order chi connectivity index (χ1) is 21.1. The van der Waals surface area contributed by atoms with Crippen LogP contribution < -0.4 is 20.0 Å². The zero-order valence-electron chi connectivity index (χ0n) is 24.9. The van der Waals surface area contributed by atoms with Gasteiger partial charge in [0, 0.05) is 62.7 Å². The van der Waals surface area contributed by atoms with Crippen molar-refractivity contribution >= 4 is 38.0 Å². The topological polar surface area (TPSA) is 123 Å². The molecule has 1 aliphatic heterocycles. The summed E-state index contributed by atoms with van der Waals surface area (Å²) < 4.78 is 30.0. The van der Waals surface area contributed by atoms with E-state index in [-0.39, 0.29) is 16.6 Å². The Morgan fingerprint density at radius 1 is 1.09 bits per heavy atom. The number of nitrogens with one attached hydrogen (secondary N) is 1. The molecule has 12 heteroatoms. The summed E-state index contributed by atoms with van der Waals surface area (Å²) in [5.74, 6) is 0.0290. The van der Waals surface area contributed by atoms with Crippen LogP contribution in [-0.2, 0) is 21.2 Å². The number of fused-ring (bicyclic) bond motifs is 3. The smallest absolute Gasteiger partial charge is 0.356 e. The fraction of sp³-hybridized carbons (Fsp3) is 0.344. The highest BCUT2D eigenvalue weighted by atomic mass is 32.2. The van der Waals surface area contributed by atoms with Gasteiger partial charge < -0.3 is 10.2 Å². The van der Waals surface area contributed by atoms with Crippen LogP contribution in [0.2, 0.25) is 0 Å². The number of hydrogen-bond acceptors (Lipinski definition) is 8. The Bertz CT molecular complexity index is 2010. The number of carbonyl (C=O) groups is 1. The molecule has 44 heavy (non-hydrogen) atoms. The van der Waals surface area contributed by atoms with Crippen molar-refractivity contribution < 1.29 is 17.5 Å². The fourth-order valence-corrected chi connectivity index (χ4v) is 7.80. The van der Waals surface area contributed by atoms with Crippen LogP contribution in [-0.4, -0.2) is 72.0 Å². The molecule has 1 fully saturated rings. The molecule has 0 saturated carbocycles. The molecule has 1 amide bonds. The van der Waals surface area contributed by atoms with E-state index in [0.717, 1.165) is 52.8 Å². The van der Waals surface area contributed by atoms with Gasteiger partial charge in [-0.15, -0.1) is 0 Å². The Hall–Kier alpha value is -4.42. The molecular formula is C32H36N7O4S+. The number of nitrogens with zero attached hydrogens (tertiary/aromatic N) is 6. The van der Waals surface area contributed by atoms with Crippen LogP contribution in [0.5, 0.6) is 0 Å². The van der Waals surface area contributed by atoms with Gasteiger partial charge in [-0.25, -0.2) is 13.2 Å². The van der Waals surface area contributed by atoms with Crippen LogP contribution in [0.25, 0.3) is 16.6 Å². The predicted molar refractivity (Wildman–Crippen MR) is 168 cm³/mol. The highest BCUT2D eigenvalue weighted by molar-refractivity contribution is 7.92. The first-order valence-corrected chi connectivity index (χ1v) is 16.3. The van der Waals surface area contributed by atoms with Gasteiger partial charge in [-0.2, -0.15) is 4.24 Å². The highest BCUT2D eigenvalue weighted by Gasteiger charge is 2.38. The van der Waals surface area contributed by atoms with Crippen LogP contribution in [0.3, 0.4) is 0 Å². The molecule has 2 aromatic heterocycles. The van der Waals surface area contributed by atoms with Gasteiger partial charge in [-0.3, -0.25) is 9.69 Å². The maximum Gasteiger partial charge on any atom is 0.356 e. The summed E-state index contributed by atoms with van der Waals surface area (Å²) in [6.07, 6.45) is 4.51. The lowest BCUT2D eigenvalue weighted by Gasteiger charge is -2.36. The van der Waals surface area contributed by atoms with Crippen molar-refractivity contribution in [2.75, 3.05) is 37.6 Å². The van der Waals surface area contributed by atoms with Gasteiger partial charge in [-0.05, 0) is 38.0 Å². The average molecular weight is 615 g/mol. The van der Waals surface area contributed by atoms with Crippen molar-refractivity contribution in [3.63, 3.8) is 0 Å². The molecule has 3 heterocycles. The lowest BCUT2D eigenvalue weighted by molar-refractivity contribution is -0.489. The number of benzene rings is 2. The maximum atomic E-state index is 13.8. The number of hydrogen-bond donors (Lipinski definition) is 1. The summed E-state index contributed by atoms with van der Waals surface area (Å²) >= 11 is 0. The first kappa shape index (κ1) is 29.6. The van der Waals surface area contributed by atoms with E-state index >= 15 is 0 Å². The molecular weight excluding hydrogens is 578 g/mol. The molecule has 1 aliphatic carbocycles. The number of aromatic nitrogens is 4. The third kappa shape index (κ3) is 5.62. The minimum atomic E-state index is -3.94. The number of sulfone groups is 1. The Kier molecular flexibility index (Phi) is 8.04. The standard InChI is InChI=1S/C32H35N7O4S/c1-22-9-12-28(23(2)19-22)44(42,43)30-31-36(3)32(41)26-11-10-25(20-27(26)39(31)35-34-30)38-17-15-37(16-18-38)14-13-29(40)33-21-24-7-5-4-6-8-24/h4-11,19-20,28H,3,12-18,21H2,1-2H3/p+1. The van der Waals surface area contributed by atoms with E-state index in [1.807, 2.05) is 61.5 Å². The lowest BCUT2D eigenvalue weighted by atomic mass is 10.0. The van der Waals surface area contributed by atoms with Gasteiger partial charge in [0.15, 0.2) is 5.52 Å². The van der Waals surface area contributed by atoms with Gasteiger partial charge in [0.05, 0.1) is 12.0 Å². The molecule has 0 bridgehead atoms. The number of amides is 1. The highest BCUT2D eigenvalue weighted by Crippen LogP contribution is 2.30. The van der Waals surface area contributed by atoms with E-state index in [2.05, 4.69) is 32.1 Å². The van der Waals surface area contributed by atoms with Crippen LogP contribution in [0.4, 0.5) is 5.69 Å². The average Bonchev–Trinajstić information content (AvgIpc) is 3.49. The van der Waals surface area contributed by atoms with Crippen molar-refractivity contribution in [1.82, 2.24) is 25.0 Å². The zero-order valence-corrected chi connectivity index (χ0v) is 25.8. The minimum Gasteiger partial charge on any atom is -0.369 e. The summed E-state index contributed by atoms with van der Waals surface area (Å²) in [6, 6.07) is 15.3. The van der Waals surface area contributed by atoms with Crippen molar-refractivity contribution in [3.8, 4) is 0 Å². The number of piperazine rings is 1. The lowest BCUT2D eigenvalue weighted by Crippen LogP contribution is -2.47. The Morgan fingerprint density at radius 3 is 2.57 bits per heavy atom. The van der Waals surface area contributed by atoms with Crippen molar-refractivity contribution in [2.45, 2.75) is 43.5 Å². The monoisotopic (exact) mass is 614 g/mol. The maximum absolute atomic E-state index is 13.8. The number of carbonyl (C=O) groups excluding carboxylic acids is 1. The van der Waals surface area contributed by atoms with Gasteiger partial charge in [0.2, 0.25) is 15.7 Å². The molecule has 2 aliphatic rings. The molecule has 4 aromatic rings. The molecule has 1 N–H and O–H groups in total. The fourth-order valence-electron chi connectivity index (χ4n) is 6.02. The van der Waals surface area contributed by atoms with Gasteiger partial charge >= 0.3 is 11.2 Å². The van der Waals surface area contributed by atoms with Crippen LogP contribution in [0, 0.1) is 6.72 Å². The SMILES string of the molecule is C=[n+]1c(=O)c2ccc(N3CCN(CCC(=O)NCc4ccccc4)CC3)cc2n2nnc(S(=O)(=O)C3CC=C(C)C=C3C)c21. The summed E-state index contributed by atoms with van der Waals surface area (Å²) in [5, 5.41) is 10.6. The van der Waals surface area contributed by atoms with E-state index in [1.54, 1.807) is 13.0 Å². The quantitative estimate of drug-likeness (QED) is 0.300. The molecule has 1 atom stereocenters.